The summed E-state index contributed by atoms with van der Waals surface area (Å²) in [5, 5.41) is 12.1. The predicted octanol–water partition coefficient (Wildman–Crippen LogP) is 4.51. The lowest BCUT2D eigenvalue weighted by molar-refractivity contribution is 0.578. The molecule has 0 N–H and O–H groups in total. The number of nitrogens with zero attached hydrogens (tertiary/aromatic N) is 3. The van der Waals surface area contributed by atoms with Crippen LogP contribution in [0.2, 0.25) is 0 Å². The van der Waals surface area contributed by atoms with E-state index in [9.17, 15) is 5.26 Å². The minimum Gasteiger partial charge on any atom is -0.372 e. The number of hydrogen-bond acceptors (Lipinski definition) is 4. The molecule has 112 valence electrons. The van der Waals surface area contributed by atoms with Gasteiger partial charge in [0, 0.05) is 29.9 Å². The molecule has 0 amide bonds. The Bertz CT molecular complexity index is 701. The normalized spacial score (nSPS) is 15.6. The van der Waals surface area contributed by atoms with E-state index >= 15 is 0 Å². The summed E-state index contributed by atoms with van der Waals surface area (Å²) in [5.41, 5.74) is 3.91. The largest absolute Gasteiger partial charge is 0.372 e. The van der Waals surface area contributed by atoms with Crippen molar-refractivity contribution in [1.82, 2.24) is 4.98 Å². The number of thiazole rings is 1. The Kier molecular flexibility index (Phi) is 4.55. The number of aryl methyl sites for hydroxylation is 1. The van der Waals surface area contributed by atoms with Crippen LogP contribution in [0, 0.1) is 18.3 Å². The zero-order chi connectivity index (χ0) is 15.4. The lowest BCUT2D eigenvalue weighted by atomic mass is 10.1. The highest BCUT2D eigenvalue weighted by molar-refractivity contribution is 7.11. The topological polar surface area (TPSA) is 39.9 Å². The van der Waals surface area contributed by atoms with E-state index in [0.29, 0.717) is 5.57 Å². The van der Waals surface area contributed by atoms with Crippen LogP contribution in [0.5, 0.6) is 0 Å². The van der Waals surface area contributed by atoms with Gasteiger partial charge in [-0.3, -0.25) is 0 Å². The maximum atomic E-state index is 9.35. The Morgan fingerprint density at radius 3 is 2.55 bits per heavy atom. The average Bonchev–Trinajstić information content (AvgIpc) is 3.00. The minimum atomic E-state index is 0.629. The van der Waals surface area contributed by atoms with Gasteiger partial charge >= 0.3 is 0 Å². The van der Waals surface area contributed by atoms with Crippen molar-refractivity contribution in [2.45, 2.75) is 26.2 Å². The van der Waals surface area contributed by atoms with E-state index in [4.69, 9.17) is 0 Å². The third-order valence-corrected chi connectivity index (χ3v) is 4.89. The fraction of sp³-hybridized carbons (Fsp3) is 0.333. The Morgan fingerprint density at radius 1 is 1.23 bits per heavy atom. The van der Waals surface area contributed by atoms with Gasteiger partial charge in [0.2, 0.25) is 0 Å². The Hall–Kier alpha value is -2.12. The number of anilines is 1. The molecule has 1 fully saturated rings. The first-order valence-electron chi connectivity index (χ1n) is 7.65. The number of allylic oxidation sites excluding steroid dienone is 1. The van der Waals surface area contributed by atoms with E-state index in [2.05, 4.69) is 40.2 Å². The highest BCUT2D eigenvalue weighted by Crippen LogP contribution is 2.24. The molecule has 1 aliphatic rings. The number of aromatic nitrogens is 1. The molecule has 2 aromatic rings. The van der Waals surface area contributed by atoms with Gasteiger partial charge in [0.15, 0.2) is 0 Å². The van der Waals surface area contributed by atoms with Crippen molar-refractivity contribution >= 4 is 28.7 Å². The van der Waals surface area contributed by atoms with E-state index in [-0.39, 0.29) is 0 Å². The molecule has 2 heterocycles. The Morgan fingerprint density at radius 2 is 1.95 bits per heavy atom. The summed E-state index contributed by atoms with van der Waals surface area (Å²) < 4.78 is 0. The van der Waals surface area contributed by atoms with E-state index in [0.717, 1.165) is 29.4 Å². The van der Waals surface area contributed by atoms with E-state index in [1.807, 2.05) is 18.4 Å². The zero-order valence-corrected chi connectivity index (χ0v) is 13.6. The third kappa shape index (κ3) is 3.37. The average molecular weight is 309 g/mol. The highest BCUT2D eigenvalue weighted by atomic mass is 32.1. The maximum absolute atomic E-state index is 9.35. The number of benzene rings is 1. The first-order chi connectivity index (χ1) is 10.8. The predicted molar refractivity (Wildman–Crippen MR) is 92.8 cm³/mol. The summed E-state index contributed by atoms with van der Waals surface area (Å²) in [5.74, 6) is 0. The summed E-state index contributed by atoms with van der Waals surface area (Å²) in [6.07, 6.45) is 5.82. The zero-order valence-electron chi connectivity index (χ0n) is 12.7. The van der Waals surface area contributed by atoms with Gasteiger partial charge in [-0.1, -0.05) is 12.1 Å². The fourth-order valence-electron chi connectivity index (χ4n) is 2.72. The van der Waals surface area contributed by atoms with Gasteiger partial charge in [-0.05, 0) is 50.0 Å². The van der Waals surface area contributed by atoms with Crippen LogP contribution in [0.1, 0.15) is 35.5 Å². The second kappa shape index (κ2) is 6.76. The van der Waals surface area contributed by atoms with Gasteiger partial charge in [0.25, 0.3) is 0 Å². The van der Waals surface area contributed by atoms with Crippen LogP contribution in [-0.4, -0.2) is 18.1 Å². The molecular weight excluding hydrogens is 290 g/mol. The molecule has 0 spiro atoms. The standard InChI is InChI=1S/C18H19N3S/c1-14-13-22-18(20-14)16(12-19)11-15-5-7-17(8-6-15)21-9-3-2-4-10-21/h5-8,11,13H,2-4,9-10H2,1H3/b16-11+. The van der Waals surface area contributed by atoms with Gasteiger partial charge in [0.1, 0.15) is 11.1 Å². The molecule has 0 atom stereocenters. The molecule has 0 saturated carbocycles. The number of piperidine rings is 1. The highest BCUT2D eigenvalue weighted by Gasteiger charge is 2.10. The second-order valence-corrected chi connectivity index (χ2v) is 6.46. The third-order valence-electron chi connectivity index (χ3n) is 3.90. The van der Waals surface area contributed by atoms with E-state index in [1.165, 1.54) is 36.3 Å². The molecule has 1 aromatic heterocycles. The molecule has 1 aliphatic heterocycles. The lowest BCUT2D eigenvalue weighted by Gasteiger charge is -2.28. The van der Waals surface area contributed by atoms with Gasteiger partial charge in [-0.2, -0.15) is 5.26 Å². The number of rotatable bonds is 3. The van der Waals surface area contributed by atoms with Crippen LogP contribution in [-0.2, 0) is 0 Å². The fourth-order valence-corrected chi connectivity index (χ4v) is 3.48. The first kappa shape index (κ1) is 14.8. The SMILES string of the molecule is Cc1csc(/C(C#N)=C/c2ccc(N3CCCCC3)cc2)n1. The van der Waals surface area contributed by atoms with Crippen molar-refractivity contribution < 1.29 is 0 Å². The van der Waals surface area contributed by atoms with Gasteiger partial charge in [-0.15, -0.1) is 11.3 Å². The van der Waals surface area contributed by atoms with Gasteiger partial charge in [-0.25, -0.2) is 4.98 Å². The van der Waals surface area contributed by atoms with Crippen molar-refractivity contribution in [1.29, 1.82) is 5.26 Å². The number of nitriles is 1. The van der Waals surface area contributed by atoms with Crippen molar-refractivity contribution in [3.8, 4) is 6.07 Å². The molecule has 0 radical (unpaired) electrons. The Labute approximate surface area is 135 Å². The van der Waals surface area contributed by atoms with Crippen LogP contribution >= 0.6 is 11.3 Å². The molecule has 1 aromatic carbocycles. The first-order valence-corrected chi connectivity index (χ1v) is 8.53. The lowest BCUT2D eigenvalue weighted by Crippen LogP contribution is -2.29. The molecule has 0 unspecified atom stereocenters. The van der Waals surface area contributed by atoms with Crippen LogP contribution in [0.15, 0.2) is 29.6 Å². The summed E-state index contributed by atoms with van der Waals surface area (Å²) in [6, 6.07) is 10.7. The van der Waals surface area contributed by atoms with Crippen LogP contribution in [0.4, 0.5) is 5.69 Å². The molecular formula is C18H19N3S. The molecule has 0 aliphatic carbocycles. The van der Waals surface area contributed by atoms with Crippen molar-refractivity contribution in [3.05, 3.63) is 45.9 Å². The molecule has 22 heavy (non-hydrogen) atoms. The molecule has 0 bridgehead atoms. The summed E-state index contributed by atoms with van der Waals surface area (Å²) in [4.78, 5) is 6.83. The molecule has 3 rings (SSSR count). The van der Waals surface area contributed by atoms with E-state index < -0.39 is 0 Å². The quantitative estimate of drug-likeness (QED) is 0.783. The molecule has 4 heteroatoms. The van der Waals surface area contributed by atoms with Crippen molar-refractivity contribution in [3.63, 3.8) is 0 Å². The van der Waals surface area contributed by atoms with Gasteiger partial charge in [0.05, 0.1) is 5.57 Å². The smallest absolute Gasteiger partial charge is 0.134 e. The molecule has 1 saturated heterocycles. The van der Waals surface area contributed by atoms with Gasteiger partial charge < -0.3 is 4.90 Å². The summed E-state index contributed by atoms with van der Waals surface area (Å²) >= 11 is 1.52. The van der Waals surface area contributed by atoms with Crippen LogP contribution < -0.4 is 4.90 Å². The molecule has 3 nitrogen and oxygen atoms in total. The second-order valence-electron chi connectivity index (χ2n) is 5.60. The summed E-state index contributed by atoms with van der Waals surface area (Å²) in [6.45, 7) is 4.25. The van der Waals surface area contributed by atoms with Crippen molar-refractivity contribution in [2.75, 3.05) is 18.0 Å². The maximum Gasteiger partial charge on any atom is 0.134 e. The minimum absolute atomic E-state index is 0.629. The van der Waals surface area contributed by atoms with Crippen LogP contribution in [0.3, 0.4) is 0 Å². The monoisotopic (exact) mass is 309 g/mol. The van der Waals surface area contributed by atoms with Crippen LogP contribution in [0.25, 0.3) is 11.6 Å². The van der Waals surface area contributed by atoms with Crippen molar-refractivity contribution in [2.24, 2.45) is 0 Å². The number of hydrogen-bond donors (Lipinski definition) is 0. The Balaban J connectivity index is 1.80. The summed E-state index contributed by atoms with van der Waals surface area (Å²) in [7, 11) is 0. The van der Waals surface area contributed by atoms with E-state index in [1.54, 1.807) is 0 Å².